The van der Waals surface area contributed by atoms with Gasteiger partial charge in [0.1, 0.15) is 0 Å². The zero-order chi connectivity index (χ0) is 12.4. The summed E-state index contributed by atoms with van der Waals surface area (Å²) < 4.78 is 3.88. The van der Waals surface area contributed by atoms with Crippen molar-refractivity contribution in [2.24, 2.45) is 0 Å². The third kappa shape index (κ3) is 6.62. The molecule has 0 nitrogen and oxygen atoms in total. The smallest absolute Gasteiger partial charge is 0.00593 e. The Labute approximate surface area is 129 Å². The standard InChI is InChI=1S/C14H24I2/c1-4-7-10-12(11-15)13(8-5-2)14(16)9-6-3/h11H,4-10H2,1-3H3/b12-11+,14-13-. The molecule has 0 saturated heterocycles. The van der Waals surface area contributed by atoms with Crippen molar-refractivity contribution in [1.29, 1.82) is 0 Å². The van der Waals surface area contributed by atoms with Crippen LogP contribution in [0.4, 0.5) is 0 Å². The minimum Gasteiger partial charge on any atom is -0.0654 e. The molecule has 0 unspecified atom stereocenters. The van der Waals surface area contributed by atoms with Crippen LogP contribution in [0, 0.1) is 0 Å². The molecular weight excluding hydrogens is 422 g/mol. The Bertz CT molecular complexity index is 239. The molecule has 0 saturated carbocycles. The topological polar surface area (TPSA) is 0 Å². The van der Waals surface area contributed by atoms with Crippen molar-refractivity contribution in [2.45, 2.75) is 65.7 Å². The van der Waals surface area contributed by atoms with Gasteiger partial charge in [-0.25, -0.2) is 0 Å². The summed E-state index contributed by atoms with van der Waals surface area (Å²) in [6.45, 7) is 6.81. The van der Waals surface area contributed by atoms with E-state index in [9.17, 15) is 0 Å². The van der Waals surface area contributed by atoms with Crippen molar-refractivity contribution >= 4 is 45.2 Å². The highest BCUT2D eigenvalue weighted by Gasteiger charge is 2.08. The molecule has 16 heavy (non-hydrogen) atoms. The molecule has 0 aliphatic rings. The van der Waals surface area contributed by atoms with Gasteiger partial charge in [-0.3, -0.25) is 0 Å². The van der Waals surface area contributed by atoms with Crippen LogP contribution in [0.1, 0.15) is 65.7 Å². The molecule has 0 aliphatic carbocycles. The summed E-state index contributed by atoms with van der Waals surface area (Å²) in [4.78, 5) is 0. The SMILES string of the molecule is CCCCC(=C\I)/C(CCC)=C(\I)CCC. The summed E-state index contributed by atoms with van der Waals surface area (Å²) in [5, 5.41) is 0. The van der Waals surface area contributed by atoms with E-state index in [0.717, 1.165) is 0 Å². The predicted octanol–water partition coefficient (Wildman–Crippen LogP) is 6.78. The van der Waals surface area contributed by atoms with E-state index < -0.39 is 0 Å². The summed E-state index contributed by atoms with van der Waals surface area (Å²) in [5.41, 5.74) is 3.22. The van der Waals surface area contributed by atoms with Crippen LogP contribution in [-0.4, -0.2) is 0 Å². The minimum atomic E-state index is 1.25. The van der Waals surface area contributed by atoms with Crippen LogP contribution in [-0.2, 0) is 0 Å². The van der Waals surface area contributed by atoms with Gasteiger partial charge in [0, 0.05) is 0 Å². The predicted molar refractivity (Wildman–Crippen MR) is 92.5 cm³/mol. The molecular formula is C14H24I2. The first-order valence-corrected chi connectivity index (χ1v) is 8.70. The first-order valence-electron chi connectivity index (χ1n) is 6.38. The molecule has 0 spiro atoms. The highest BCUT2D eigenvalue weighted by atomic mass is 127. The maximum atomic E-state index is 2.55. The molecule has 0 radical (unpaired) electrons. The number of halogens is 2. The molecule has 0 amide bonds. The zero-order valence-electron chi connectivity index (χ0n) is 10.8. The van der Waals surface area contributed by atoms with Gasteiger partial charge >= 0.3 is 0 Å². The average molecular weight is 446 g/mol. The van der Waals surface area contributed by atoms with Gasteiger partial charge in [-0.1, -0.05) is 62.6 Å². The number of rotatable bonds is 8. The molecule has 0 heterocycles. The third-order valence-electron chi connectivity index (χ3n) is 2.62. The maximum Gasteiger partial charge on any atom is -0.00593 e. The van der Waals surface area contributed by atoms with Crippen molar-refractivity contribution < 1.29 is 0 Å². The second-order valence-electron chi connectivity index (χ2n) is 4.12. The summed E-state index contributed by atoms with van der Waals surface area (Å²) >= 11 is 4.96. The van der Waals surface area contributed by atoms with Gasteiger partial charge in [-0.15, -0.1) is 0 Å². The zero-order valence-corrected chi connectivity index (χ0v) is 15.1. The summed E-state index contributed by atoms with van der Waals surface area (Å²) in [5.74, 6) is 0. The van der Waals surface area contributed by atoms with E-state index in [0.29, 0.717) is 0 Å². The fourth-order valence-corrected chi connectivity index (χ4v) is 3.57. The molecule has 0 N–H and O–H groups in total. The van der Waals surface area contributed by atoms with Gasteiger partial charge in [-0.05, 0) is 67.1 Å². The molecule has 2 heteroatoms. The van der Waals surface area contributed by atoms with Gasteiger partial charge in [-0.2, -0.15) is 0 Å². The van der Waals surface area contributed by atoms with Gasteiger partial charge < -0.3 is 0 Å². The Kier molecular flexibility index (Phi) is 11.7. The van der Waals surface area contributed by atoms with Crippen LogP contribution >= 0.6 is 45.2 Å². The summed E-state index contributed by atoms with van der Waals surface area (Å²) in [6.07, 6.45) is 8.87. The maximum absolute atomic E-state index is 2.55. The second kappa shape index (κ2) is 11.1. The van der Waals surface area contributed by atoms with E-state index in [1.165, 1.54) is 44.9 Å². The number of hydrogen-bond donors (Lipinski definition) is 0. The van der Waals surface area contributed by atoms with Crippen molar-refractivity contribution in [3.63, 3.8) is 0 Å². The first kappa shape index (κ1) is 16.9. The number of allylic oxidation sites excluding steroid dienone is 3. The van der Waals surface area contributed by atoms with Crippen LogP contribution in [0.3, 0.4) is 0 Å². The molecule has 0 atom stereocenters. The monoisotopic (exact) mass is 446 g/mol. The first-order chi connectivity index (χ1) is 7.71. The molecule has 0 fully saturated rings. The highest BCUT2D eigenvalue weighted by molar-refractivity contribution is 14.1. The van der Waals surface area contributed by atoms with Gasteiger partial charge in [0.15, 0.2) is 0 Å². The lowest BCUT2D eigenvalue weighted by atomic mass is 9.97. The van der Waals surface area contributed by atoms with Crippen LogP contribution in [0.2, 0.25) is 0 Å². The fraction of sp³-hybridized carbons (Fsp3) is 0.714. The molecule has 0 aliphatic heterocycles. The quantitative estimate of drug-likeness (QED) is 0.285. The second-order valence-corrected chi connectivity index (χ2v) is 6.05. The number of unbranched alkanes of at least 4 members (excludes halogenated alkanes) is 1. The Morgan fingerprint density at radius 2 is 1.56 bits per heavy atom. The van der Waals surface area contributed by atoms with Crippen molar-refractivity contribution in [3.8, 4) is 0 Å². The Morgan fingerprint density at radius 3 is 2.00 bits per heavy atom. The summed E-state index contributed by atoms with van der Waals surface area (Å²) in [6, 6.07) is 0. The molecule has 0 aromatic carbocycles. The van der Waals surface area contributed by atoms with E-state index >= 15 is 0 Å². The van der Waals surface area contributed by atoms with Crippen molar-refractivity contribution in [2.75, 3.05) is 0 Å². The van der Waals surface area contributed by atoms with E-state index in [1.807, 2.05) is 0 Å². The molecule has 0 aromatic rings. The molecule has 94 valence electrons. The molecule has 0 rings (SSSR count). The lowest BCUT2D eigenvalue weighted by Gasteiger charge is -2.13. The van der Waals surface area contributed by atoms with Crippen LogP contribution < -0.4 is 0 Å². The van der Waals surface area contributed by atoms with E-state index in [4.69, 9.17) is 0 Å². The van der Waals surface area contributed by atoms with Gasteiger partial charge in [0.05, 0.1) is 0 Å². The summed E-state index contributed by atoms with van der Waals surface area (Å²) in [7, 11) is 0. The normalized spacial score (nSPS) is 13.9. The van der Waals surface area contributed by atoms with Crippen molar-refractivity contribution in [1.82, 2.24) is 0 Å². The largest absolute Gasteiger partial charge is 0.0654 e. The van der Waals surface area contributed by atoms with Crippen LogP contribution in [0.5, 0.6) is 0 Å². The van der Waals surface area contributed by atoms with Crippen LogP contribution in [0.15, 0.2) is 18.8 Å². The van der Waals surface area contributed by atoms with Crippen molar-refractivity contribution in [3.05, 3.63) is 18.8 Å². The minimum absolute atomic E-state index is 1.25. The lowest BCUT2D eigenvalue weighted by molar-refractivity contribution is 0.774. The van der Waals surface area contributed by atoms with E-state index in [-0.39, 0.29) is 0 Å². The Balaban J connectivity index is 4.78. The van der Waals surface area contributed by atoms with E-state index in [1.54, 1.807) is 14.7 Å². The fourth-order valence-electron chi connectivity index (χ4n) is 1.73. The van der Waals surface area contributed by atoms with E-state index in [2.05, 4.69) is 70.0 Å². The highest BCUT2D eigenvalue weighted by Crippen LogP contribution is 2.31. The molecule has 0 aromatic heterocycles. The Morgan fingerprint density at radius 1 is 0.938 bits per heavy atom. The third-order valence-corrected chi connectivity index (χ3v) is 4.56. The lowest BCUT2D eigenvalue weighted by Crippen LogP contribution is -1.93. The Hall–Kier alpha value is 0.940. The van der Waals surface area contributed by atoms with Gasteiger partial charge in [0.25, 0.3) is 0 Å². The van der Waals surface area contributed by atoms with Crippen LogP contribution in [0.25, 0.3) is 0 Å². The number of hydrogen-bond acceptors (Lipinski definition) is 0. The average Bonchev–Trinajstić information content (AvgIpc) is 2.28. The molecule has 0 bridgehead atoms. The van der Waals surface area contributed by atoms with Gasteiger partial charge in [0.2, 0.25) is 0 Å².